The number of rotatable bonds is 7. The van der Waals surface area contributed by atoms with Crippen molar-refractivity contribution in [3.63, 3.8) is 0 Å². The van der Waals surface area contributed by atoms with Gasteiger partial charge >= 0.3 is 0 Å². The summed E-state index contributed by atoms with van der Waals surface area (Å²) < 4.78 is 1.77. The van der Waals surface area contributed by atoms with Crippen LogP contribution in [0.5, 0.6) is 0 Å². The summed E-state index contributed by atoms with van der Waals surface area (Å²) in [5.41, 5.74) is 1.55. The summed E-state index contributed by atoms with van der Waals surface area (Å²) in [4.78, 5) is 0. The molecule has 102 valence electrons. The van der Waals surface area contributed by atoms with E-state index in [-0.39, 0.29) is 6.61 Å². The molecule has 0 radical (unpaired) electrons. The smallest absolute Gasteiger partial charge is 0.0728 e. The molecule has 3 N–H and O–H groups in total. The molecule has 1 heterocycles. The van der Waals surface area contributed by atoms with Crippen LogP contribution in [-0.2, 0) is 6.54 Å². The number of hydrogen-bond donors (Lipinski definition) is 3. The lowest BCUT2D eigenvalue weighted by Gasteiger charge is -2.46. The molecular weight excluding hydrogens is 228 g/mol. The van der Waals surface area contributed by atoms with Crippen LogP contribution in [0, 0.1) is 5.41 Å². The summed E-state index contributed by atoms with van der Waals surface area (Å²) in [5, 5.41) is 19.7. The summed E-state index contributed by atoms with van der Waals surface area (Å²) >= 11 is 0. The maximum atomic E-state index is 8.83. The van der Waals surface area contributed by atoms with Crippen molar-refractivity contribution in [2.24, 2.45) is 5.41 Å². The normalized spacial score (nSPS) is 26.9. The van der Waals surface area contributed by atoms with Crippen molar-refractivity contribution in [2.45, 2.75) is 38.8 Å². The van der Waals surface area contributed by atoms with Crippen LogP contribution in [0.3, 0.4) is 0 Å². The number of hydrogen-bond acceptors (Lipinski definition) is 4. The number of aliphatic hydroxyl groups is 1. The van der Waals surface area contributed by atoms with E-state index in [2.05, 4.69) is 22.7 Å². The van der Waals surface area contributed by atoms with Crippen molar-refractivity contribution < 1.29 is 5.11 Å². The molecule has 1 aliphatic carbocycles. The summed E-state index contributed by atoms with van der Waals surface area (Å²) in [7, 11) is 2.01. The summed E-state index contributed by atoms with van der Waals surface area (Å²) in [5.74, 6) is 0. The molecule has 0 saturated heterocycles. The van der Waals surface area contributed by atoms with Gasteiger partial charge in [0.15, 0.2) is 0 Å². The highest BCUT2D eigenvalue weighted by molar-refractivity contribution is 5.40. The summed E-state index contributed by atoms with van der Waals surface area (Å²) in [6.07, 6.45) is 7.48. The second-order valence-electron chi connectivity index (χ2n) is 5.63. The minimum absolute atomic E-state index is 0.132. The van der Waals surface area contributed by atoms with Crippen LogP contribution in [0.2, 0.25) is 0 Å². The van der Waals surface area contributed by atoms with Gasteiger partial charge in [-0.2, -0.15) is 5.10 Å². The van der Waals surface area contributed by atoms with Gasteiger partial charge in [-0.3, -0.25) is 4.68 Å². The molecule has 5 heteroatoms. The van der Waals surface area contributed by atoms with Crippen LogP contribution in [0.1, 0.15) is 26.2 Å². The molecule has 1 aliphatic rings. The van der Waals surface area contributed by atoms with Crippen molar-refractivity contribution in [1.29, 1.82) is 0 Å². The van der Waals surface area contributed by atoms with Gasteiger partial charge in [0.2, 0.25) is 0 Å². The molecule has 1 aromatic heterocycles. The second kappa shape index (κ2) is 5.71. The number of nitrogens with one attached hydrogen (secondary N) is 2. The molecular formula is C13H24N4O. The molecule has 0 aliphatic heterocycles. The van der Waals surface area contributed by atoms with E-state index < -0.39 is 0 Å². The maximum Gasteiger partial charge on any atom is 0.0728 e. The Kier molecular flexibility index (Phi) is 4.24. The predicted molar refractivity (Wildman–Crippen MR) is 72.6 cm³/mol. The third-order valence-corrected chi connectivity index (χ3v) is 3.79. The predicted octanol–water partition coefficient (Wildman–Crippen LogP) is 1.07. The molecule has 5 nitrogen and oxygen atoms in total. The topological polar surface area (TPSA) is 62.1 Å². The lowest BCUT2D eigenvalue weighted by atomic mass is 9.65. The lowest BCUT2D eigenvalue weighted by Crippen LogP contribution is -2.44. The first-order valence-corrected chi connectivity index (χ1v) is 6.70. The number of aliphatic hydroxyl groups excluding tert-OH is 1. The third kappa shape index (κ3) is 3.23. The molecule has 0 spiro atoms. The Morgan fingerprint density at radius 2 is 2.33 bits per heavy atom. The van der Waals surface area contributed by atoms with Gasteiger partial charge < -0.3 is 15.7 Å². The Hall–Kier alpha value is -1.07. The van der Waals surface area contributed by atoms with Gasteiger partial charge in [-0.15, -0.1) is 0 Å². The Balaban J connectivity index is 1.75. The quantitative estimate of drug-likeness (QED) is 0.679. The number of nitrogens with zero attached hydrogens (tertiary/aromatic N) is 2. The van der Waals surface area contributed by atoms with Crippen LogP contribution in [0.25, 0.3) is 0 Å². The van der Waals surface area contributed by atoms with E-state index in [0.717, 1.165) is 12.2 Å². The SMILES string of the molecule is CNCCC1(C)CC(Nc2cnn(CCO)c2)C1. The Morgan fingerprint density at radius 1 is 1.56 bits per heavy atom. The molecule has 0 amide bonds. The van der Waals surface area contributed by atoms with Crippen molar-refractivity contribution in [1.82, 2.24) is 15.1 Å². The van der Waals surface area contributed by atoms with Gasteiger partial charge in [0, 0.05) is 12.2 Å². The second-order valence-corrected chi connectivity index (χ2v) is 5.63. The van der Waals surface area contributed by atoms with E-state index >= 15 is 0 Å². The fourth-order valence-corrected chi connectivity index (χ4v) is 2.76. The Labute approximate surface area is 109 Å². The zero-order chi connectivity index (χ0) is 13.0. The average Bonchev–Trinajstić information content (AvgIpc) is 2.73. The van der Waals surface area contributed by atoms with Crippen LogP contribution < -0.4 is 10.6 Å². The van der Waals surface area contributed by atoms with Crippen LogP contribution in [-0.4, -0.2) is 41.1 Å². The van der Waals surface area contributed by atoms with E-state index in [9.17, 15) is 0 Å². The Bertz CT molecular complexity index is 371. The van der Waals surface area contributed by atoms with Gasteiger partial charge in [0.05, 0.1) is 25.0 Å². The fourth-order valence-electron chi connectivity index (χ4n) is 2.76. The maximum absolute atomic E-state index is 8.83. The minimum Gasteiger partial charge on any atom is -0.394 e. The zero-order valence-electron chi connectivity index (χ0n) is 11.3. The summed E-state index contributed by atoms with van der Waals surface area (Å²) in [6.45, 7) is 4.15. The highest BCUT2D eigenvalue weighted by atomic mass is 16.3. The number of aromatic nitrogens is 2. The minimum atomic E-state index is 0.132. The molecule has 1 saturated carbocycles. The van der Waals surface area contributed by atoms with E-state index in [1.807, 2.05) is 19.4 Å². The lowest BCUT2D eigenvalue weighted by molar-refractivity contribution is 0.128. The molecule has 2 rings (SSSR count). The standard InChI is InChI=1S/C13H24N4O/c1-13(3-4-14-2)7-11(8-13)16-12-9-15-17(10-12)5-6-18/h9-11,14,16,18H,3-8H2,1-2H3. The first-order valence-electron chi connectivity index (χ1n) is 6.70. The van der Waals surface area contributed by atoms with Gasteiger partial charge in [-0.1, -0.05) is 6.92 Å². The monoisotopic (exact) mass is 252 g/mol. The van der Waals surface area contributed by atoms with Crippen molar-refractivity contribution in [3.05, 3.63) is 12.4 Å². The zero-order valence-corrected chi connectivity index (χ0v) is 11.3. The van der Waals surface area contributed by atoms with Gasteiger partial charge in [0.1, 0.15) is 0 Å². The van der Waals surface area contributed by atoms with Gasteiger partial charge in [-0.25, -0.2) is 0 Å². The largest absolute Gasteiger partial charge is 0.394 e. The van der Waals surface area contributed by atoms with E-state index in [1.54, 1.807) is 4.68 Å². The van der Waals surface area contributed by atoms with Crippen molar-refractivity contribution >= 4 is 5.69 Å². The van der Waals surface area contributed by atoms with E-state index in [4.69, 9.17) is 5.11 Å². The van der Waals surface area contributed by atoms with E-state index in [0.29, 0.717) is 18.0 Å². The van der Waals surface area contributed by atoms with Crippen LogP contribution in [0.4, 0.5) is 5.69 Å². The highest BCUT2D eigenvalue weighted by Crippen LogP contribution is 2.44. The molecule has 0 aromatic carbocycles. The highest BCUT2D eigenvalue weighted by Gasteiger charge is 2.39. The van der Waals surface area contributed by atoms with Crippen molar-refractivity contribution in [2.75, 3.05) is 25.5 Å². The summed E-state index contributed by atoms with van der Waals surface area (Å²) in [6, 6.07) is 0.568. The molecule has 0 bridgehead atoms. The van der Waals surface area contributed by atoms with Gasteiger partial charge in [0.25, 0.3) is 0 Å². The van der Waals surface area contributed by atoms with Gasteiger partial charge in [-0.05, 0) is 38.3 Å². The fraction of sp³-hybridized carbons (Fsp3) is 0.769. The first-order chi connectivity index (χ1) is 8.65. The molecule has 0 unspecified atom stereocenters. The van der Waals surface area contributed by atoms with Crippen LogP contribution in [0.15, 0.2) is 12.4 Å². The van der Waals surface area contributed by atoms with Crippen LogP contribution >= 0.6 is 0 Å². The molecule has 1 fully saturated rings. The first kappa shape index (κ1) is 13.4. The average molecular weight is 252 g/mol. The molecule has 0 atom stereocenters. The van der Waals surface area contributed by atoms with Crippen molar-refractivity contribution in [3.8, 4) is 0 Å². The van der Waals surface area contributed by atoms with E-state index in [1.165, 1.54) is 19.3 Å². The number of anilines is 1. The molecule has 1 aromatic rings. The third-order valence-electron chi connectivity index (χ3n) is 3.79. The Morgan fingerprint density at radius 3 is 3.00 bits per heavy atom. The molecule has 18 heavy (non-hydrogen) atoms.